The van der Waals surface area contributed by atoms with E-state index in [0.29, 0.717) is 17.3 Å². The van der Waals surface area contributed by atoms with E-state index in [2.05, 4.69) is 23.5 Å². The highest BCUT2D eigenvalue weighted by atomic mass is 35.5. The molecule has 0 aromatic heterocycles. The quantitative estimate of drug-likeness (QED) is 0.278. The van der Waals surface area contributed by atoms with E-state index in [1.807, 2.05) is 24.3 Å². The van der Waals surface area contributed by atoms with Gasteiger partial charge < -0.3 is 20.3 Å². The first-order valence-electron chi connectivity index (χ1n) is 13.3. The van der Waals surface area contributed by atoms with E-state index in [1.165, 1.54) is 17.5 Å². The van der Waals surface area contributed by atoms with Crippen LogP contribution in [0.5, 0.6) is 5.75 Å². The van der Waals surface area contributed by atoms with E-state index in [9.17, 15) is 15.0 Å². The lowest BCUT2D eigenvalue weighted by molar-refractivity contribution is 0.0686. The van der Waals surface area contributed by atoms with Crippen molar-refractivity contribution in [1.82, 2.24) is 5.32 Å². The van der Waals surface area contributed by atoms with Gasteiger partial charge in [-0.3, -0.25) is 0 Å². The molecule has 3 N–H and O–H groups in total. The summed E-state index contributed by atoms with van der Waals surface area (Å²) in [6.45, 7) is 0.486. The Morgan fingerprint density at radius 3 is 2.39 bits per heavy atom. The molecule has 3 aromatic carbocycles. The number of benzene rings is 3. The zero-order chi connectivity index (χ0) is 25.8. The van der Waals surface area contributed by atoms with Crippen molar-refractivity contribution in [1.29, 1.82) is 0 Å². The highest BCUT2D eigenvalue weighted by Crippen LogP contribution is 2.33. The average Bonchev–Trinajstić information content (AvgIpc) is 2.92. The molecule has 0 saturated heterocycles. The van der Waals surface area contributed by atoms with Crippen molar-refractivity contribution in [3.05, 3.63) is 87.9 Å². The lowest BCUT2D eigenvalue weighted by Crippen LogP contribution is -2.37. The predicted octanol–water partition coefficient (Wildman–Crippen LogP) is 7.02. The summed E-state index contributed by atoms with van der Waals surface area (Å²) in [7, 11) is 0. The number of aliphatic hydroxyl groups is 1. The fourth-order valence-electron chi connectivity index (χ4n) is 5.53. The van der Waals surface area contributed by atoms with Crippen LogP contribution in [0.3, 0.4) is 0 Å². The fourth-order valence-corrected chi connectivity index (χ4v) is 5.66. The molecular weight excluding hydrogens is 521 g/mol. The van der Waals surface area contributed by atoms with Crippen LogP contribution in [0.2, 0.25) is 5.02 Å². The number of aliphatic hydroxyl groups excluding tert-OH is 1. The molecule has 0 heterocycles. The molecule has 1 saturated carbocycles. The molecule has 0 radical (unpaired) electrons. The van der Waals surface area contributed by atoms with Crippen LogP contribution in [0.4, 0.5) is 0 Å². The summed E-state index contributed by atoms with van der Waals surface area (Å²) < 4.78 is 6.22. The number of carboxylic acids is 1. The highest BCUT2D eigenvalue weighted by Gasteiger charge is 2.22. The van der Waals surface area contributed by atoms with E-state index in [-0.39, 0.29) is 30.1 Å². The Morgan fingerprint density at radius 1 is 0.947 bits per heavy atom. The molecule has 0 amide bonds. The Hall–Kier alpha value is -2.57. The summed E-state index contributed by atoms with van der Waals surface area (Å²) in [6.07, 6.45) is 7.82. The lowest BCUT2D eigenvalue weighted by atomic mass is 9.86. The van der Waals surface area contributed by atoms with Gasteiger partial charge in [0.1, 0.15) is 11.3 Å². The molecular formula is C31H35Cl2NO4. The van der Waals surface area contributed by atoms with E-state index >= 15 is 0 Å². The second-order valence-electron chi connectivity index (χ2n) is 10.3. The van der Waals surface area contributed by atoms with Gasteiger partial charge in [0.05, 0.1) is 12.2 Å². The third kappa shape index (κ3) is 6.89. The minimum Gasteiger partial charge on any atom is -0.490 e. The van der Waals surface area contributed by atoms with Crippen molar-refractivity contribution in [2.75, 3.05) is 6.54 Å². The zero-order valence-electron chi connectivity index (χ0n) is 21.4. The van der Waals surface area contributed by atoms with Gasteiger partial charge in [-0.25, -0.2) is 4.79 Å². The maximum Gasteiger partial charge on any atom is 0.339 e. The second-order valence-corrected chi connectivity index (χ2v) is 10.7. The van der Waals surface area contributed by atoms with E-state index in [0.717, 1.165) is 61.6 Å². The molecule has 2 aliphatic carbocycles. The molecule has 2 aliphatic rings. The Labute approximate surface area is 235 Å². The fraction of sp³-hybridized carbons (Fsp3) is 0.387. The van der Waals surface area contributed by atoms with Gasteiger partial charge in [-0.2, -0.15) is 0 Å². The van der Waals surface area contributed by atoms with Gasteiger partial charge >= 0.3 is 5.97 Å². The molecule has 0 aliphatic heterocycles. The Kier molecular flexibility index (Phi) is 9.72. The van der Waals surface area contributed by atoms with Crippen LogP contribution in [0.15, 0.2) is 60.7 Å². The largest absolute Gasteiger partial charge is 0.490 e. The number of carboxylic acid groups (broad SMARTS) is 1. The van der Waals surface area contributed by atoms with Gasteiger partial charge in [0.2, 0.25) is 0 Å². The van der Waals surface area contributed by atoms with Crippen molar-refractivity contribution in [3.63, 3.8) is 0 Å². The van der Waals surface area contributed by atoms with Gasteiger partial charge in [0, 0.05) is 17.6 Å². The summed E-state index contributed by atoms with van der Waals surface area (Å²) in [5.41, 5.74) is 5.74. The summed E-state index contributed by atoms with van der Waals surface area (Å²) in [5, 5.41) is 24.5. The zero-order valence-corrected chi connectivity index (χ0v) is 22.9. The number of hydrogen-bond donors (Lipinski definition) is 3. The topological polar surface area (TPSA) is 78.8 Å². The summed E-state index contributed by atoms with van der Waals surface area (Å²) in [6, 6.07) is 19.6. The van der Waals surface area contributed by atoms with E-state index < -0.39 is 12.1 Å². The van der Waals surface area contributed by atoms with Crippen molar-refractivity contribution in [3.8, 4) is 16.9 Å². The van der Waals surface area contributed by atoms with Crippen molar-refractivity contribution >= 4 is 30.0 Å². The van der Waals surface area contributed by atoms with Crippen LogP contribution in [-0.2, 0) is 12.8 Å². The molecule has 0 bridgehead atoms. The van der Waals surface area contributed by atoms with Gasteiger partial charge in [-0.1, -0.05) is 54.4 Å². The highest BCUT2D eigenvalue weighted by molar-refractivity contribution is 6.30. The Balaban J connectivity index is 0.00000336. The van der Waals surface area contributed by atoms with Crippen LogP contribution in [0, 0.1) is 0 Å². The third-order valence-corrected chi connectivity index (χ3v) is 7.93. The van der Waals surface area contributed by atoms with E-state index in [1.54, 1.807) is 18.2 Å². The van der Waals surface area contributed by atoms with Gasteiger partial charge in [-0.15, -0.1) is 12.4 Å². The summed E-state index contributed by atoms with van der Waals surface area (Å²) >= 11 is 5.96. The van der Waals surface area contributed by atoms with Crippen molar-refractivity contribution < 1.29 is 19.7 Å². The maximum atomic E-state index is 11.8. The van der Waals surface area contributed by atoms with Crippen LogP contribution < -0.4 is 10.1 Å². The average molecular weight is 557 g/mol. The number of rotatable bonds is 8. The Morgan fingerprint density at radius 2 is 1.66 bits per heavy atom. The van der Waals surface area contributed by atoms with Crippen molar-refractivity contribution in [2.24, 2.45) is 0 Å². The van der Waals surface area contributed by atoms with E-state index in [4.69, 9.17) is 16.3 Å². The van der Waals surface area contributed by atoms with Gasteiger partial charge in [-0.05, 0) is 97.0 Å². The Bertz CT molecular complexity index is 1240. The summed E-state index contributed by atoms with van der Waals surface area (Å²) in [4.78, 5) is 11.8. The van der Waals surface area contributed by atoms with Crippen LogP contribution in [-0.4, -0.2) is 34.9 Å². The maximum absolute atomic E-state index is 11.8. The SMILES string of the molecule is Cl.O=C(O)c1ccc(-c2ccc3c(c2)C[C@@H](NC[C@H](O)c2ccc(Cl)cc2)CC3)cc1OC1CCCCC1. The van der Waals surface area contributed by atoms with Crippen LogP contribution in [0.25, 0.3) is 11.1 Å². The lowest BCUT2D eigenvalue weighted by Gasteiger charge is -2.27. The first kappa shape index (κ1) is 28.4. The monoisotopic (exact) mass is 555 g/mol. The molecule has 1 fully saturated rings. The molecule has 38 heavy (non-hydrogen) atoms. The first-order chi connectivity index (χ1) is 18.0. The molecule has 2 atom stereocenters. The van der Waals surface area contributed by atoms with Crippen LogP contribution in [0.1, 0.15) is 71.7 Å². The third-order valence-electron chi connectivity index (χ3n) is 7.68. The van der Waals surface area contributed by atoms with Gasteiger partial charge in [0.25, 0.3) is 0 Å². The molecule has 5 nitrogen and oxygen atoms in total. The smallest absolute Gasteiger partial charge is 0.339 e. The molecule has 0 spiro atoms. The van der Waals surface area contributed by atoms with Crippen molar-refractivity contribution in [2.45, 2.75) is 69.6 Å². The number of hydrogen-bond acceptors (Lipinski definition) is 4. The molecule has 5 rings (SSSR count). The van der Waals surface area contributed by atoms with Crippen LogP contribution >= 0.6 is 24.0 Å². The predicted molar refractivity (Wildman–Crippen MR) is 154 cm³/mol. The number of halogens is 2. The number of aromatic carboxylic acids is 1. The summed E-state index contributed by atoms with van der Waals surface area (Å²) in [5.74, 6) is -0.497. The molecule has 202 valence electrons. The first-order valence-corrected chi connectivity index (χ1v) is 13.7. The standard InChI is InChI=1S/C31H34ClNO4.ClH/c32-25-12-8-21(9-13-25)29(34)19-33-26-14-10-20-6-7-22(16-24(20)17-26)23-11-15-28(31(35)36)30(18-23)37-27-4-2-1-3-5-27;/h6-9,11-13,15-16,18,26-27,29,33-34H,1-5,10,14,17,19H2,(H,35,36);1H/t26-,29-;/m0./s1. The minimum atomic E-state index is -0.961. The molecule has 3 aromatic rings. The normalized spacial score (nSPS) is 18.2. The second kappa shape index (κ2) is 13.0. The number of fused-ring (bicyclic) bond motifs is 1. The minimum absolute atomic E-state index is 0. The molecule has 7 heteroatoms. The van der Waals surface area contributed by atoms with Gasteiger partial charge in [0.15, 0.2) is 0 Å². The number of carbonyl (C=O) groups is 1. The number of aryl methyl sites for hydroxylation is 1. The molecule has 0 unspecified atom stereocenters. The number of nitrogens with one attached hydrogen (secondary N) is 1. The number of ether oxygens (including phenoxy) is 1.